The maximum absolute atomic E-state index is 12.1. The summed E-state index contributed by atoms with van der Waals surface area (Å²) in [6.07, 6.45) is 3.81. The van der Waals surface area contributed by atoms with Crippen molar-refractivity contribution in [1.29, 1.82) is 0 Å². The molecule has 1 saturated heterocycles. The molecule has 1 amide bonds. The van der Waals surface area contributed by atoms with Gasteiger partial charge in [0.2, 0.25) is 5.91 Å². The third kappa shape index (κ3) is 5.86. The monoisotopic (exact) mass is 336 g/mol. The number of hydrogen-bond acceptors (Lipinski definition) is 3. The lowest BCUT2D eigenvalue weighted by molar-refractivity contribution is -0.129. The average Bonchev–Trinajstić information content (AvgIpc) is 3.24. The van der Waals surface area contributed by atoms with Crippen molar-refractivity contribution in [3.05, 3.63) is 22.4 Å². The number of nitrogens with one attached hydrogen (secondary N) is 1. The number of likely N-dealkylation sites (N-methyl/N-ethyl adjacent to an activating group) is 1. The van der Waals surface area contributed by atoms with Crippen molar-refractivity contribution in [3.8, 4) is 0 Å². The predicted octanol–water partition coefficient (Wildman–Crippen LogP) is 2.20. The fourth-order valence-corrected chi connectivity index (χ4v) is 3.39. The molecule has 0 radical (unpaired) electrons. The smallest absolute Gasteiger partial charge is 0.224 e. The third-order valence-electron chi connectivity index (χ3n) is 4.02. The van der Waals surface area contributed by atoms with Gasteiger partial charge < -0.3 is 15.1 Å². The maximum Gasteiger partial charge on any atom is 0.224 e. The second-order valence-electron chi connectivity index (χ2n) is 5.82. The molecule has 0 saturated carbocycles. The second kappa shape index (κ2) is 9.55. The molecular weight excluding hydrogens is 308 g/mol. The minimum absolute atomic E-state index is 0.239. The summed E-state index contributed by atoms with van der Waals surface area (Å²) in [7, 11) is 2.05. The normalized spacial score (nSPS) is 15.0. The van der Waals surface area contributed by atoms with Gasteiger partial charge in [-0.25, -0.2) is 0 Å². The lowest BCUT2D eigenvalue weighted by atomic mass is 10.3. The van der Waals surface area contributed by atoms with E-state index in [1.165, 1.54) is 4.88 Å². The van der Waals surface area contributed by atoms with E-state index in [0.717, 1.165) is 51.4 Å². The second-order valence-corrected chi connectivity index (χ2v) is 6.86. The first-order valence-electron chi connectivity index (χ1n) is 8.50. The Morgan fingerprint density at radius 1 is 1.43 bits per heavy atom. The van der Waals surface area contributed by atoms with Gasteiger partial charge in [-0.05, 0) is 37.6 Å². The quantitative estimate of drug-likeness (QED) is 0.613. The highest BCUT2D eigenvalue weighted by Crippen LogP contribution is 2.10. The standard InChI is InChI=1S/C17H28N4OS/c1-3-18-17(20(2)13-9-15-7-6-14-23-15)19-10-8-16(22)21-11-4-5-12-21/h6-7,14H,3-5,8-13H2,1-2H3,(H,18,19). The number of aliphatic imine (C=N–C) groups is 1. The summed E-state index contributed by atoms with van der Waals surface area (Å²) in [6, 6.07) is 4.25. The van der Waals surface area contributed by atoms with Gasteiger partial charge in [-0.1, -0.05) is 6.07 Å². The van der Waals surface area contributed by atoms with Crippen molar-refractivity contribution in [3.63, 3.8) is 0 Å². The number of carbonyl (C=O) groups is 1. The van der Waals surface area contributed by atoms with E-state index < -0.39 is 0 Å². The van der Waals surface area contributed by atoms with E-state index in [1.54, 1.807) is 11.3 Å². The topological polar surface area (TPSA) is 47.9 Å². The van der Waals surface area contributed by atoms with Crippen LogP contribution in [0.2, 0.25) is 0 Å². The summed E-state index contributed by atoms with van der Waals surface area (Å²) in [4.78, 5) is 22.2. The van der Waals surface area contributed by atoms with Gasteiger partial charge in [0.15, 0.2) is 5.96 Å². The number of guanidine groups is 1. The Hall–Kier alpha value is -1.56. The minimum atomic E-state index is 0.239. The average molecular weight is 337 g/mol. The number of carbonyl (C=O) groups excluding carboxylic acids is 1. The van der Waals surface area contributed by atoms with Gasteiger partial charge in [0.05, 0.1) is 6.54 Å². The molecule has 2 heterocycles. The van der Waals surface area contributed by atoms with Crippen molar-refractivity contribution in [2.45, 2.75) is 32.6 Å². The SMILES string of the molecule is CCNC(=NCCC(=O)N1CCCC1)N(C)CCc1cccs1. The summed E-state index contributed by atoms with van der Waals surface area (Å²) in [5.74, 6) is 1.13. The van der Waals surface area contributed by atoms with Crippen LogP contribution in [0.1, 0.15) is 31.1 Å². The Labute approximate surface area is 143 Å². The molecule has 0 unspecified atom stereocenters. The number of thiophene rings is 1. The van der Waals surface area contributed by atoms with Crippen LogP contribution in [-0.4, -0.2) is 61.4 Å². The van der Waals surface area contributed by atoms with E-state index in [0.29, 0.717) is 13.0 Å². The fraction of sp³-hybridized carbons (Fsp3) is 0.647. The van der Waals surface area contributed by atoms with Crippen LogP contribution in [-0.2, 0) is 11.2 Å². The van der Waals surface area contributed by atoms with E-state index in [9.17, 15) is 4.79 Å². The van der Waals surface area contributed by atoms with Gasteiger partial charge in [0.25, 0.3) is 0 Å². The number of likely N-dealkylation sites (tertiary alicyclic amines) is 1. The van der Waals surface area contributed by atoms with Crippen molar-refractivity contribution in [1.82, 2.24) is 15.1 Å². The first-order chi connectivity index (χ1) is 11.2. The van der Waals surface area contributed by atoms with Crippen LogP contribution in [0.5, 0.6) is 0 Å². The number of hydrogen-bond donors (Lipinski definition) is 1. The van der Waals surface area contributed by atoms with Crippen molar-refractivity contribution in [2.24, 2.45) is 4.99 Å². The molecule has 1 aromatic heterocycles. The molecule has 128 valence electrons. The lowest BCUT2D eigenvalue weighted by Crippen LogP contribution is -2.40. The molecule has 1 fully saturated rings. The lowest BCUT2D eigenvalue weighted by Gasteiger charge is -2.22. The summed E-state index contributed by atoms with van der Waals surface area (Å²) in [5, 5.41) is 5.42. The highest BCUT2D eigenvalue weighted by atomic mass is 32.1. The Bertz CT molecular complexity index is 495. The van der Waals surface area contributed by atoms with Crippen molar-refractivity contribution >= 4 is 23.2 Å². The van der Waals surface area contributed by atoms with Gasteiger partial charge in [-0.2, -0.15) is 0 Å². The molecule has 23 heavy (non-hydrogen) atoms. The molecule has 1 aliphatic rings. The molecule has 5 nitrogen and oxygen atoms in total. The van der Waals surface area contributed by atoms with E-state index in [1.807, 2.05) is 4.90 Å². The first kappa shape index (κ1) is 17.8. The van der Waals surface area contributed by atoms with Gasteiger partial charge in [-0.3, -0.25) is 9.79 Å². The van der Waals surface area contributed by atoms with Crippen LogP contribution in [0, 0.1) is 0 Å². The molecule has 1 aromatic rings. The van der Waals surface area contributed by atoms with Crippen LogP contribution in [0.25, 0.3) is 0 Å². The van der Waals surface area contributed by atoms with E-state index >= 15 is 0 Å². The molecule has 1 N–H and O–H groups in total. The van der Waals surface area contributed by atoms with E-state index in [-0.39, 0.29) is 5.91 Å². The van der Waals surface area contributed by atoms with Crippen LogP contribution < -0.4 is 5.32 Å². The molecule has 0 aromatic carbocycles. The van der Waals surface area contributed by atoms with E-state index in [4.69, 9.17) is 0 Å². The zero-order valence-electron chi connectivity index (χ0n) is 14.3. The Morgan fingerprint density at radius 2 is 2.22 bits per heavy atom. The van der Waals surface area contributed by atoms with Crippen LogP contribution >= 0.6 is 11.3 Å². The molecule has 0 spiro atoms. The first-order valence-corrected chi connectivity index (χ1v) is 9.38. The zero-order chi connectivity index (χ0) is 16.5. The van der Waals surface area contributed by atoms with Gasteiger partial charge >= 0.3 is 0 Å². The molecule has 0 atom stereocenters. The molecule has 0 aliphatic carbocycles. The largest absolute Gasteiger partial charge is 0.357 e. The summed E-state index contributed by atoms with van der Waals surface area (Å²) < 4.78 is 0. The third-order valence-corrected chi connectivity index (χ3v) is 4.95. The van der Waals surface area contributed by atoms with Crippen molar-refractivity contribution < 1.29 is 4.79 Å². The summed E-state index contributed by atoms with van der Waals surface area (Å²) >= 11 is 1.79. The molecule has 0 bridgehead atoms. The van der Waals surface area contributed by atoms with Crippen LogP contribution in [0.3, 0.4) is 0 Å². The highest BCUT2D eigenvalue weighted by molar-refractivity contribution is 7.09. The molecule has 2 rings (SSSR count). The van der Waals surface area contributed by atoms with Crippen LogP contribution in [0.15, 0.2) is 22.5 Å². The molecule has 6 heteroatoms. The number of amides is 1. The fourth-order valence-electron chi connectivity index (χ4n) is 2.69. The van der Waals surface area contributed by atoms with Crippen LogP contribution in [0.4, 0.5) is 0 Å². The zero-order valence-corrected chi connectivity index (χ0v) is 15.1. The number of nitrogens with zero attached hydrogens (tertiary/aromatic N) is 3. The van der Waals surface area contributed by atoms with Gasteiger partial charge in [0, 0.05) is 44.5 Å². The Kier molecular flexibility index (Phi) is 7.39. The predicted molar refractivity (Wildman–Crippen MR) is 97.1 cm³/mol. The maximum atomic E-state index is 12.1. The summed E-state index contributed by atoms with van der Waals surface area (Å²) in [5.41, 5.74) is 0. The molecule has 1 aliphatic heterocycles. The number of rotatable bonds is 7. The van der Waals surface area contributed by atoms with Gasteiger partial charge in [-0.15, -0.1) is 11.3 Å². The van der Waals surface area contributed by atoms with Gasteiger partial charge in [0.1, 0.15) is 0 Å². The Morgan fingerprint density at radius 3 is 2.87 bits per heavy atom. The molecular formula is C17H28N4OS. The highest BCUT2D eigenvalue weighted by Gasteiger charge is 2.17. The van der Waals surface area contributed by atoms with E-state index in [2.05, 4.69) is 46.7 Å². The Balaban J connectivity index is 1.79. The van der Waals surface area contributed by atoms with Crippen molar-refractivity contribution in [2.75, 3.05) is 39.8 Å². The minimum Gasteiger partial charge on any atom is -0.357 e. The summed E-state index contributed by atoms with van der Waals surface area (Å²) in [6.45, 7) is 6.22.